The number of phenols is 1. The Morgan fingerprint density at radius 3 is 2.50 bits per heavy atom. The van der Waals surface area contributed by atoms with Crippen LogP contribution in [0.5, 0.6) is 5.75 Å². The maximum atomic E-state index is 13.4. The van der Waals surface area contributed by atoms with Crippen LogP contribution in [-0.4, -0.2) is 5.11 Å². The van der Waals surface area contributed by atoms with E-state index in [9.17, 15) is 9.50 Å². The van der Waals surface area contributed by atoms with Gasteiger partial charge in [-0.2, -0.15) is 11.3 Å². The molecule has 2 rings (SSSR count). The van der Waals surface area contributed by atoms with E-state index in [1.807, 2.05) is 43.7 Å². The van der Waals surface area contributed by atoms with Crippen LogP contribution in [0.25, 0.3) is 11.1 Å². The molecule has 1 aromatic heterocycles. The predicted octanol–water partition coefficient (Wildman–Crippen LogP) is 6.29. The summed E-state index contributed by atoms with van der Waals surface area (Å²) in [5, 5.41) is 13.7. The topological polar surface area (TPSA) is 20.2 Å². The summed E-state index contributed by atoms with van der Waals surface area (Å²) in [5.74, 6) is -1.01. The minimum Gasteiger partial charge on any atom is -0.504 e. The Balaban J connectivity index is 0.00000116. The molecule has 0 fully saturated rings. The molecule has 0 amide bonds. The minimum atomic E-state index is -0.645. The van der Waals surface area contributed by atoms with Gasteiger partial charge >= 0.3 is 0 Å². The molecular formula is C19H21FOS. The number of hydrogen-bond acceptors (Lipinski definition) is 2. The van der Waals surface area contributed by atoms with Crippen molar-refractivity contribution in [2.45, 2.75) is 20.8 Å². The summed E-state index contributed by atoms with van der Waals surface area (Å²) in [6, 6.07) is 6.40. The summed E-state index contributed by atoms with van der Waals surface area (Å²) in [6.45, 7) is 13.8. The fourth-order valence-corrected chi connectivity index (χ4v) is 2.53. The number of thiophene rings is 1. The van der Waals surface area contributed by atoms with Crippen molar-refractivity contribution in [3.63, 3.8) is 0 Å². The fourth-order valence-electron chi connectivity index (χ4n) is 1.85. The Hall–Kier alpha value is -2.13. The molecule has 0 atom stereocenters. The molecule has 1 N–H and O–H groups in total. The van der Waals surface area contributed by atoms with E-state index in [1.165, 1.54) is 6.07 Å². The lowest BCUT2D eigenvalue weighted by Crippen LogP contribution is -1.89. The molecule has 0 bridgehead atoms. The van der Waals surface area contributed by atoms with Crippen molar-refractivity contribution < 1.29 is 9.50 Å². The van der Waals surface area contributed by atoms with E-state index in [0.29, 0.717) is 11.1 Å². The second-order valence-corrected chi connectivity index (χ2v) is 5.26. The molecule has 0 saturated carbocycles. The predicted molar refractivity (Wildman–Crippen MR) is 95.6 cm³/mol. The van der Waals surface area contributed by atoms with Crippen molar-refractivity contribution in [2.24, 2.45) is 0 Å². The minimum absolute atomic E-state index is 0.369. The monoisotopic (exact) mass is 316 g/mol. The summed E-state index contributed by atoms with van der Waals surface area (Å²) in [5.41, 5.74) is 3.73. The van der Waals surface area contributed by atoms with Gasteiger partial charge in [-0.05, 0) is 52.1 Å². The van der Waals surface area contributed by atoms with Crippen LogP contribution < -0.4 is 0 Å². The van der Waals surface area contributed by atoms with Crippen LogP contribution in [-0.2, 0) is 0 Å². The van der Waals surface area contributed by atoms with E-state index in [0.717, 1.165) is 16.7 Å². The number of benzene rings is 1. The normalized spacial score (nSPS) is 10.6. The van der Waals surface area contributed by atoms with Crippen LogP contribution in [0.4, 0.5) is 4.39 Å². The van der Waals surface area contributed by atoms with Crippen molar-refractivity contribution in [1.82, 2.24) is 0 Å². The second kappa shape index (κ2) is 8.35. The van der Waals surface area contributed by atoms with E-state index in [2.05, 4.69) is 13.2 Å². The second-order valence-electron chi connectivity index (χ2n) is 4.48. The lowest BCUT2D eigenvalue weighted by Gasteiger charge is -2.10. The van der Waals surface area contributed by atoms with Crippen molar-refractivity contribution in [3.8, 4) is 5.75 Å². The molecule has 2 aromatic rings. The molecule has 0 aliphatic rings. The first-order valence-corrected chi connectivity index (χ1v) is 8.02. The summed E-state index contributed by atoms with van der Waals surface area (Å²) >= 11 is 1.60. The Morgan fingerprint density at radius 1 is 1.23 bits per heavy atom. The lowest BCUT2D eigenvalue weighted by molar-refractivity contribution is 0.431. The third-order valence-corrected chi connectivity index (χ3v) is 3.75. The van der Waals surface area contributed by atoms with Crippen LogP contribution in [0, 0.1) is 5.82 Å². The number of aromatic hydroxyl groups is 1. The maximum Gasteiger partial charge on any atom is 0.165 e. The third kappa shape index (κ3) is 4.18. The van der Waals surface area contributed by atoms with Gasteiger partial charge in [-0.3, -0.25) is 0 Å². The number of halogens is 1. The van der Waals surface area contributed by atoms with E-state index in [4.69, 9.17) is 0 Å². The molecule has 0 saturated heterocycles. The number of hydrogen-bond donors (Lipinski definition) is 1. The Kier molecular flexibility index (Phi) is 6.80. The molecular weight excluding hydrogens is 295 g/mol. The zero-order valence-corrected chi connectivity index (χ0v) is 14.0. The Morgan fingerprint density at radius 2 is 1.91 bits per heavy atom. The summed E-state index contributed by atoms with van der Waals surface area (Å²) in [4.78, 5) is 0. The first-order valence-electron chi connectivity index (χ1n) is 7.07. The zero-order valence-electron chi connectivity index (χ0n) is 13.2. The van der Waals surface area contributed by atoms with Crippen LogP contribution in [0.1, 0.15) is 31.9 Å². The molecule has 3 heteroatoms. The van der Waals surface area contributed by atoms with E-state index >= 15 is 0 Å². The number of allylic oxidation sites excluding steroid dienone is 4. The highest BCUT2D eigenvalue weighted by Gasteiger charge is 2.11. The molecule has 22 heavy (non-hydrogen) atoms. The average Bonchev–Trinajstić information content (AvgIpc) is 3.06. The highest BCUT2D eigenvalue weighted by Crippen LogP contribution is 2.32. The molecule has 0 aliphatic carbocycles. The summed E-state index contributed by atoms with van der Waals surface area (Å²) < 4.78 is 13.4. The molecule has 116 valence electrons. The Bertz CT molecular complexity index is 681. The lowest BCUT2D eigenvalue weighted by atomic mass is 9.97. The van der Waals surface area contributed by atoms with Gasteiger partial charge in [0, 0.05) is 5.56 Å². The largest absolute Gasteiger partial charge is 0.504 e. The molecule has 0 radical (unpaired) electrons. The van der Waals surface area contributed by atoms with Gasteiger partial charge in [0.25, 0.3) is 0 Å². The van der Waals surface area contributed by atoms with Crippen LogP contribution in [0.3, 0.4) is 0 Å². The molecule has 1 nitrogen and oxygen atoms in total. The van der Waals surface area contributed by atoms with Gasteiger partial charge in [0.15, 0.2) is 11.6 Å². The average molecular weight is 316 g/mol. The quantitative estimate of drug-likeness (QED) is 0.657. The van der Waals surface area contributed by atoms with Crippen molar-refractivity contribution >= 4 is 22.5 Å². The highest BCUT2D eigenvalue weighted by molar-refractivity contribution is 7.08. The van der Waals surface area contributed by atoms with E-state index in [1.54, 1.807) is 23.5 Å². The van der Waals surface area contributed by atoms with Gasteiger partial charge in [-0.15, -0.1) is 0 Å². The van der Waals surface area contributed by atoms with Gasteiger partial charge in [-0.25, -0.2) is 4.39 Å². The van der Waals surface area contributed by atoms with E-state index < -0.39 is 5.82 Å². The highest BCUT2D eigenvalue weighted by atomic mass is 32.1. The SMILES string of the molecule is C=C(/C=C(\C)C(=C)c1cccc(F)c1O)c1ccsc1.CC. The zero-order chi connectivity index (χ0) is 16.7. The smallest absolute Gasteiger partial charge is 0.165 e. The number of rotatable bonds is 4. The number of para-hydroxylation sites is 1. The van der Waals surface area contributed by atoms with Crippen molar-refractivity contribution in [3.05, 3.63) is 76.8 Å². The maximum absolute atomic E-state index is 13.4. The van der Waals surface area contributed by atoms with Gasteiger partial charge in [0.1, 0.15) is 0 Å². The van der Waals surface area contributed by atoms with Crippen molar-refractivity contribution in [1.29, 1.82) is 0 Å². The van der Waals surface area contributed by atoms with Crippen molar-refractivity contribution in [2.75, 3.05) is 0 Å². The van der Waals surface area contributed by atoms with Gasteiger partial charge < -0.3 is 5.11 Å². The Labute approximate surface area is 135 Å². The first-order chi connectivity index (χ1) is 10.5. The van der Waals surface area contributed by atoms with E-state index in [-0.39, 0.29) is 5.75 Å². The summed E-state index contributed by atoms with van der Waals surface area (Å²) in [6.07, 6.45) is 1.88. The van der Waals surface area contributed by atoms with Gasteiger partial charge in [-0.1, -0.05) is 45.2 Å². The fraction of sp³-hybridized carbons (Fsp3) is 0.158. The number of phenolic OH excluding ortho intramolecular Hbond substituents is 1. The van der Waals surface area contributed by atoms with Gasteiger partial charge in [0.05, 0.1) is 0 Å². The molecule has 0 aliphatic heterocycles. The molecule has 1 heterocycles. The molecule has 1 aromatic carbocycles. The molecule has 0 unspecified atom stereocenters. The van der Waals surface area contributed by atoms with Crippen LogP contribution >= 0.6 is 11.3 Å². The first kappa shape index (κ1) is 17.9. The molecule has 0 spiro atoms. The van der Waals surface area contributed by atoms with Crippen LogP contribution in [0.15, 0.2) is 59.8 Å². The van der Waals surface area contributed by atoms with Crippen LogP contribution in [0.2, 0.25) is 0 Å². The standard InChI is InChI=1S/C17H15FOS.C2H6/c1-11(9-12(2)14-7-8-20-10-14)13(3)15-5-4-6-16(18)17(15)19;1-2/h4-10,19H,2-3H2,1H3;1-2H3/b11-9+;. The van der Waals surface area contributed by atoms with Gasteiger partial charge in [0.2, 0.25) is 0 Å². The summed E-state index contributed by atoms with van der Waals surface area (Å²) in [7, 11) is 0. The third-order valence-electron chi connectivity index (χ3n) is 3.07.